The van der Waals surface area contributed by atoms with Crippen molar-refractivity contribution >= 4 is 5.91 Å². The highest BCUT2D eigenvalue weighted by atomic mass is 16.8. The van der Waals surface area contributed by atoms with Gasteiger partial charge in [-0.1, -0.05) is 18.2 Å². The van der Waals surface area contributed by atoms with Crippen molar-refractivity contribution in [1.82, 2.24) is 5.32 Å². The topological polar surface area (TPSA) is 99.4 Å². The van der Waals surface area contributed by atoms with Gasteiger partial charge in [-0.25, -0.2) is 0 Å². The summed E-state index contributed by atoms with van der Waals surface area (Å²) in [4.78, 5) is 11.7. The molecule has 0 aliphatic carbocycles. The summed E-state index contributed by atoms with van der Waals surface area (Å²) >= 11 is 0. The predicted octanol–water partition coefficient (Wildman–Crippen LogP) is 1.67. The van der Waals surface area contributed by atoms with Crippen LogP contribution in [0.3, 0.4) is 0 Å². The molecule has 1 amide bonds. The summed E-state index contributed by atoms with van der Waals surface area (Å²) in [6, 6.07) is 10.1. The molecule has 1 aromatic carbocycles. The fourth-order valence-electron chi connectivity index (χ4n) is 3.46. The third-order valence-electron chi connectivity index (χ3n) is 4.85. The highest BCUT2D eigenvalue weighted by molar-refractivity contribution is 5.73. The van der Waals surface area contributed by atoms with Gasteiger partial charge in [0.2, 0.25) is 18.5 Å². The molecule has 0 spiro atoms. The van der Waals surface area contributed by atoms with Gasteiger partial charge >= 0.3 is 0 Å². The summed E-state index contributed by atoms with van der Waals surface area (Å²) in [6.45, 7) is 3.47. The van der Waals surface area contributed by atoms with Crippen molar-refractivity contribution in [3.8, 4) is 5.75 Å². The molecule has 6 atom stereocenters. The van der Waals surface area contributed by atoms with Crippen LogP contribution in [-0.2, 0) is 19.0 Å². The molecule has 2 aliphatic rings. The molecular weight excluding hydrogens is 366 g/mol. The average molecular weight is 389 g/mol. The number of para-hydroxylation sites is 1. The van der Waals surface area contributed by atoms with Crippen molar-refractivity contribution < 1.29 is 33.3 Å². The maximum absolute atomic E-state index is 11.7. The smallest absolute Gasteiger partial charge is 0.223 e. The van der Waals surface area contributed by atoms with E-state index in [0.29, 0.717) is 11.5 Å². The Morgan fingerprint density at radius 2 is 2.04 bits per heavy atom. The van der Waals surface area contributed by atoms with Crippen molar-refractivity contribution in [3.63, 3.8) is 0 Å². The number of aliphatic hydroxyl groups is 1. The van der Waals surface area contributed by atoms with Crippen LogP contribution in [0, 0.1) is 6.92 Å². The molecule has 3 heterocycles. The third kappa shape index (κ3) is 3.77. The molecule has 2 fully saturated rings. The molecule has 150 valence electrons. The van der Waals surface area contributed by atoms with E-state index < -0.39 is 36.9 Å². The van der Waals surface area contributed by atoms with Gasteiger partial charge in [-0.15, -0.1) is 0 Å². The highest BCUT2D eigenvalue weighted by Gasteiger charge is 2.51. The maximum Gasteiger partial charge on any atom is 0.223 e. The SMILES string of the molecule is CC(=O)N[C@@H]1[C@H](Oc2ccccc2C)O[C@@H]2CO[C@H](c3ccco3)O[C@H]2[C@H]1O. The van der Waals surface area contributed by atoms with E-state index in [1.807, 2.05) is 31.2 Å². The van der Waals surface area contributed by atoms with Gasteiger partial charge in [-0.05, 0) is 30.7 Å². The summed E-state index contributed by atoms with van der Waals surface area (Å²) in [5, 5.41) is 13.7. The number of ether oxygens (including phenoxy) is 4. The van der Waals surface area contributed by atoms with Gasteiger partial charge in [-0.3, -0.25) is 4.79 Å². The van der Waals surface area contributed by atoms with Gasteiger partial charge in [0, 0.05) is 6.92 Å². The Morgan fingerprint density at radius 1 is 1.21 bits per heavy atom. The lowest BCUT2D eigenvalue weighted by Gasteiger charge is -2.47. The van der Waals surface area contributed by atoms with Crippen LogP contribution >= 0.6 is 0 Å². The Morgan fingerprint density at radius 3 is 2.75 bits per heavy atom. The predicted molar refractivity (Wildman–Crippen MR) is 96.4 cm³/mol. The van der Waals surface area contributed by atoms with E-state index in [2.05, 4.69) is 5.32 Å². The molecule has 0 radical (unpaired) electrons. The zero-order valence-corrected chi connectivity index (χ0v) is 15.6. The minimum atomic E-state index is -1.06. The van der Waals surface area contributed by atoms with E-state index in [-0.39, 0.29) is 12.5 Å². The summed E-state index contributed by atoms with van der Waals surface area (Å²) in [7, 11) is 0. The number of nitrogens with one attached hydrogen (secondary N) is 1. The lowest BCUT2D eigenvalue weighted by atomic mass is 9.96. The van der Waals surface area contributed by atoms with E-state index in [9.17, 15) is 9.90 Å². The number of rotatable bonds is 4. The fourth-order valence-corrected chi connectivity index (χ4v) is 3.46. The van der Waals surface area contributed by atoms with Crippen LogP contribution in [0.15, 0.2) is 47.1 Å². The van der Waals surface area contributed by atoms with E-state index in [1.165, 1.54) is 13.2 Å². The lowest BCUT2D eigenvalue weighted by Crippen LogP contribution is -2.67. The van der Waals surface area contributed by atoms with Crippen LogP contribution in [0.4, 0.5) is 0 Å². The van der Waals surface area contributed by atoms with Crippen LogP contribution in [0.2, 0.25) is 0 Å². The van der Waals surface area contributed by atoms with Gasteiger partial charge in [0.1, 0.15) is 30.1 Å². The standard InChI is InChI=1S/C20H23NO7/c1-11-6-3-4-7-13(11)26-20-16(21-12(2)22)17(23)18-15(27-20)10-25-19(28-18)14-8-5-9-24-14/h3-9,15-20,23H,10H2,1-2H3,(H,21,22)/t15-,16+,17+,18-,19+,20-/m1/s1. The molecule has 8 nitrogen and oxygen atoms in total. The largest absolute Gasteiger partial charge is 0.464 e. The Balaban J connectivity index is 1.55. The number of carbonyl (C=O) groups excluding carboxylic acids is 1. The van der Waals surface area contributed by atoms with Crippen molar-refractivity contribution in [2.45, 2.75) is 50.8 Å². The number of carbonyl (C=O) groups is 1. The number of benzene rings is 1. The number of hydrogen-bond donors (Lipinski definition) is 2. The molecular formula is C20H23NO7. The number of hydrogen-bond acceptors (Lipinski definition) is 7. The Bertz CT molecular complexity index is 809. The minimum absolute atomic E-state index is 0.188. The molecule has 28 heavy (non-hydrogen) atoms. The summed E-state index contributed by atoms with van der Waals surface area (Å²) in [6.07, 6.45) is -2.45. The second-order valence-corrected chi connectivity index (χ2v) is 6.92. The van der Waals surface area contributed by atoms with Crippen molar-refractivity contribution in [2.75, 3.05) is 6.61 Å². The highest BCUT2D eigenvalue weighted by Crippen LogP contribution is 2.35. The minimum Gasteiger partial charge on any atom is -0.464 e. The normalized spacial score (nSPS) is 32.4. The first-order valence-electron chi connectivity index (χ1n) is 9.16. The van der Waals surface area contributed by atoms with Gasteiger partial charge < -0.3 is 33.8 Å². The zero-order chi connectivity index (χ0) is 19.7. The van der Waals surface area contributed by atoms with Gasteiger partial charge in [-0.2, -0.15) is 0 Å². The molecule has 2 aliphatic heterocycles. The molecule has 1 aromatic heterocycles. The van der Waals surface area contributed by atoms with Crippen LogP contribution in [0.1, 0.15) is 24.5 Å². The number of aliphatic hydroxyl groups excluding tert-OH is 1. The Kier molecular flexibility index (Phi) is 5.36. The molecule has 0 bridgehead atoms. The number of amides is 1. The summed E-state index contributed by atoms with van der Waals surface area (Å²) in [5.41, 5.74) is 0.915. The Hall–Kier alpha value is -2.39. The summed E-state index contributed by atoms with van der Waals surface area (Å²) in [5.74, 6) is 0.804. The fraction of sp³-hybridized carbons (Fsp3) is 0.450. The third-order valence-corrected chi connectivity index (χ3v) is 4.85. The second kappa shape index (κ2) is 7.92. The van der Waals surface area contributed by atoms with E-state index in [4.69, 9.17) is 23.4 Å². The van der Waals surface area contributed by atoms with E-state index in [1.54, 1.807) is 12.1 Å². The quantitative estimate of drug-likeness (QED) is 0.821. The molecule has 2 N–H and O–H groups in total. The first-order valence-corrected chi connectivity index (χ1v) is 9.16. The van der Waals surface area contributed by atoms with E-state index in [0.717, 1.165) is 5.56 Å². The average Bonchev–Trinajstić information content (AvgIpc) is 3.21. The van der Waals surface area contributed by atoms with Crippen LogP contribution in [-0.4, -0.2) is 48.3 Å². The lowest BCUT2D eigenvalue weighted by molar-refractivity contribution is -0.336. The first kappa shape index (κ1) is 18.9. The monoisotopic (exact) mass is 389 g/mol. The van der Waals surface area contributed by atoms with Gasteiger partial charge in [0.15, 0.2) is 5.76 Å². The molecule has 0 saturated carbocycles. The van der Waals surface area contributed by atoms with E-state index >= 15 is 0 Å². The molecule has 2 aromatic rings. The number of aryl methyl sites for hydroxylation is 1. The molecule has 8 heteroatoms. The van der Waals surface area contributed by atoms with Gasteiger partial charge in [0.05, 0.1) is 12.9 Å². The molecule has 2 saturated heterocycles. The van der Waals surface area contributed by atoms with Crippen molar-refractivity contribution in [2.24, 2.45) is 0 Å². The van der Waals surface area contributed by atoms with Crippen LogP contribution in [0.25, 0.3) is 0 Å². The first-order chi connectivity index (χ1) is 13.5. The van der Waals surface area contributed by atoms with Crippen molar-refractivity contribution in [1.29, 1.82) is 0 Å². The number of fused-ring (bicyclic) bond motifs is 1. The second-order valence-electron chi connectivity index (χ2n) is 6.92. The van der Waals surface area contributed by atoms with Crippen LogP contribution < -0.4 is 10.1 Å². The number of furan rings is 1. The van der Waals surface area contributed by atoms with Crippen LogP contribution in [0.5, 0.6) is 5.75 Å². The maximum atomic E-state index is 11.7. The zero-order valence-electron chi connectivity index (χ0n) is 15.6. The molecule has 4 rings (SSSR count). The molecule has 0 unspecified atom stereocenters. The van der Waals surface area contributed by atoms with Gasteiger partial charge in [0.25, 0.3) is 0 Å². The van der Waals surface area contributed by atoms with Crippen molar-refractivity contribution in [3.05, 3.63) is 54.0 Å². The summed E-state index contributed by atoms with van der Waals surface area (Å²) < 4.78 is 28.9. The Labute approximate surface area is 162 Å².